The standard InChI is InChI=1S/C22H22N2.ClH/c1-4-16-24(17-5-1)22-20(11-7-15-23-22)14-13-19-10-6-9-18-8-2-3-12-21(18)19;/h2-3,6-15H,1,4-5,16-17H2;1H. The fourth-order valence-electron chi connectivity index (χ4n) is 3.48. The van der Waals surface area contributed by atoms with E-state index in [9.17, 15) is 0 Å². The number of anilines is 1. The summed E-state index contributed by atoms with van der Waals surface area (Å²) < 4.78 is 0. The normalized spacial score (nSPS) is 14.6. The van der Waals surface area contributed by atoms with E-state index in [0.717, 1.165) is 18.9 Å². The minimum absolute atomic E-state index is 0. The van der Waals surface area contributed by atoms with Gasteiger partial charge in [0.1, 0.15) is 5.82 Å². The quantitative estimate of drug-likeness (QED) is 0.591. The third kappa shape index (κ3) is 3.85. The number of nitrogens with zero attached hydrogens (tertiary/aromatic N) is 2. The zero-order valence-corrected chi connectivity index (χ0v) is 15.1. The van der Waals surface area contributed by atoms with Crippen molar-refractivity contribution in [1.82, 2.24) is 4.98 Å². The average Bonchev–Trinajstić information content (AvgIpc) is 2.67. The molecule has 25 heavy (non-hydrogen) atoms. The third-order valence-electron chi connectivity index (χ3n) is 4.74. The van der Waals surface area contributed by atoms with Crippen molar-refractivity contribution < 1.29 is 0 Å². The summed E-state index contributed by atoms with van der Waals surface area (Å²) >= 11 is 0. The minimum Gasteiger partial charge on any atom is -0.356 e. The molecule has 2 heterocycles. The molecule has 0 atom stereocenters. The Hall–Kier alpha value is -2.32. The van der Waals surface area contributed by atoms with Gasteiger partial charge >= 0.3 is 0 Å². The van der Waals surface area contributed by atoms with Crippen molar-refractivity contribution >= 4 is 41.1 Å². The number of hydrogen-bond donors (Lipinski definition) is 0. The molecule has 128 valence electrons. The van der Waals surface area contributed by atoms with Gasteiger partial charge in [-0.25, -0.2) is 4.98 Å². The second kappa shape index (κ2) is 8.17. The Balaban J connectivity index is 0.00000182. The maximum Gasteiger partial charge on any atom is 0.135 e. The second-order valence-corrected chi connectivity index (χ2v) is 6.37. The molecular weight excluding hydrogens is 328 g/mol. The van der Waals surface area contributed by atoms with E-state index in [0.29, 0.717) is 0 Å². The van der Waals surface area contributed by atoms with Crippen LogP contribution in [0.15, 0.2) is 60.8 Å². The topological polar surface area (TPSA) is 16.1 Å². The molecule has 3 aromatic rings. The first-order valence-corrected chi connectivity index (χ1v) is 8.78. The number of pyridine rings is 1. The highest BCUT2D eigenvalue weighted by molar-refractivity contribution is 5.93. The van der Waals surface area contributed by atoms with Gasteiger partial charge in [0.15, 0.2) is 0 Å². The van der Waals surface area contributed by atoms with Gasteiger partial charge in [-0.3, -0.25) is 0 Å². The van der Waals surface area contributed by atoms with E-state index < -0.39 is 0 Å². The molecule has 0 radical (unpaired) electrons. The lowest BCUT2D eigenvalue weighted by Gasteiger charge is -2.28. The zero-order chi connectivity index (χ0) is 16.2. The molecule has 0 spiro atoms. The molecule has 4 rings (SSSR count). The van der Waals surface area contributed by atoms with Gasteiger partial charge in [-0.15, -0.1) is 12.4 Å². The molecule has 0 unspecified atom stereocenters. The van der Waals surface area contributed by atoms with Crippen LogP contribution < -0.4 is 4.90 Å². The number of hydrogen-bond acceptors (Lipinski definition) is 2. The van der Waals surface area contributed by atoms with Crippen LogP contribution in [0.1, 0.15) is 30.4 Å². The first kappa shape index (κ1) is 17.5. The first-order valence-electron chi connectivity index (χ1n) is 8.78. The Morgan fingerprint density at radius 1 is 0.760 bits per heavy atom. The first-order chi connectivity index (χ1) is 11.9. The summed E-state index contributed by atoms with van der Waals surface area (Å²) in [6.45, 7) is 2.23. The van der Waals surface area contributed by atoms with Crippen molar-refractivity contribution in [2.24, 2.45) is 0 Å². The molecule has 3 heteroatoms. The van der Waals surface area contributed by atoms with Crippen molar-refractivity contribution in [3.05, 3.63) is 71.9 Å². The van der Waals surface area contributed by atoms with Gasteiger partial charge in [0.2, 0.25) is 0 Å². The van der Waals surface area contributed by atoms with Crippen LogP contribution in [0.4, 0.5) is 5.82 Å². The number of benzene rings is 2. The number of aromatic nitrogens is 1. The van der Waals surface area contributed by atoms with Crippen LogP contribution in [-0.4, -0.2) is 18.1 Å². The van der Waals surface area contributed by atoms with E-state index in [2.05, 4.69) is 70.6 Å². The lowest BCUT2D eigenvalue weighted by atomic mass is 10.0. The minimum atomic E-state index is 0. The summed E-state index contributed by atoms with van der Waals surface area (Å²) in [6, 6.07) is 19.2. The molecule has 1 saturated heterocycles. The molecule has 1 fully saturated rings. The van der Waals surface area contributed by atoms with Gasteiger partial charge in [-0.05, 0) is 47.7 Å². The smallest absolute Gasteiger partial charge is 0.135 e. The van der Waals surface area contributed by atoms with E-state index >= 15 is 0 Å². The fourth-order valence-corrected chi connectivity index (χ4v) is 3.48. The Morgan fingerprint density at radius 3 is 2.36 bits per heavy atom. The Kier molecular flexibility index (Phi) is 5.72. The maximum absolute atomic E-state index is 4.65. The molecule has 0 saturated carbocycles. The van der Waals surface area contributed by atoms with Gasteiger partial charge in [0.25, 0.3) is 0 Å². The molecule has 2 aromatic carbocycles. The number of piperidine rings is 1. The highest BCUT2D eigenvalue weighted by Gasteiger charge is 2.14. The van der Waals surface area contributed by atoms with Crippen LogP contribution in [0, 0.1) is 0 Å². The van der Waals surface area contributed by atoms with Crippen molar-refractivity contribution in [3.8, 4) is 0 Å². The highest BCUT2D eigenvalue weighted by Crippen LogP contribution is 2.25. The summed E-state index contributed by atoms with van der Waals surface area (Å²) in [5.41, 5.74) is 2.45. The molecule has 1 aromatic heterocycles. The lowest BCUT2D eigenvalue weighted by molar-refractivity contribution is 0.573. The Labute approximate surface area is 155 Å². The summed E-state index contributed by atoms with van der Waals surface area (Å²) in [6.07, 6.45) is 10.2. The Morgan fingerprint density at radius 2 is 1.48 bits per heavy atom. The van der Waals surface area contributed by atoms with Gasteiger partial charge in [0.05, 0.1) is 0 Å². The van der Waals surface area contributed by atoms with E-state index in [1.165, 1.54) is 41.2 Å². The molecule has 1 aliphatic rings. The molecule has 0 aliphatic carbocycles. The van der Waals surface area contributed by atoms with Crippen molar-refractivity contribution in [2.45, 2.75) is 19.3 Å². The van der Waals surface area contributed by atoms with Crippen LogP contribution in [-0.2, 0) is 0 Å². The predicted molar refractivity (Wildman–Crippen MR) is 110 cm³/mol. The van der Waals surface area contributed by atoms with E-state index in [-0.39, 0.29) is 12.4 Å². The van der Waals surface area contributed by atoms with Crippen LogP contribution >= 0.6 is 12.4 Å². The lowest BCUT2D eigenvalue weighted by Crippen LogP contribution is -2.30. The second-order valence-electron chi connectivity index (χ2n) is 6.37. The largest absolute Gasteiger partial charge is 0.356 e. The fraction of sp³-hybridized carbons (Fsp3) is 0.227. The zero-order valence-electron chi connectivity index (χ0n) is 14.3. The van der Waals surface area contributed by atoms with Gasteiger partial charge in [-0.1, -0.05) is 54.6 Å². The van der Waals surface area contributed by atoms with E-state index in [1.54, 1.807) is 0 Å². The summed E-state index contributed by atoms with van der Waals surface area (Å²) in [5.74, 6) is 1.12. The van der Waals surface area contributed by atoms with Crippen molar-refractivity contribution in [1.29, 1.82) is 0 Å². The van der Waals surface area contributed by atoms with Gasteiger partial charge < -0.3 is 4.90 Å². The third-order valence-corrected chi connectivity index (χ3v) is 4.74. The predicted octanol–water partition coefficient (Wildman–Crippen LogP) is 5.82. The SMILES string of the molecule is C(=Cc1cccc2ccccc12)c1cccnc1N1CCCCC1.Cl. The molecule has 0 N–H and O–H groups in total. The van der Waals surface area contributed by atoms with Crippen LogP contribution in [0.3, 0.4) is 0 Å². The van der Waals surface area contributed by atoms with Gasteiger partial charge in [-0.2, -0.15) is 0 Å². The number of fused-ring (bicyclic) bond motifs is 1. The Bertz CT molecular complexity index is 861. The van der Waals surface area contributed by atoms with Crippen molar-refractivity contribution in [2.75, 3.05) is 18.0 Å². The summed E-state index contributed by atoms with van der Waals surface area (Å²) in [7, 11) is 0. The number of halogens is 1. The summed E-state index contributed by atoms with van der Waals surface area (Å²) in [5, 5.41) is 2.57. The summed E-state index contributed by atoms with van der Waals surface area (Å²) in [4.78, 5) is 7.07. The molecule has 0 bridgehead atoms. The van der Waals surface area contributed by atoms with Crippen LogP contribution in [0.5, 0.6) is 0 Å². The molecular formula is C22H23ClN2. The molecule has 0 amide bonds. The van der Waals surface area contributed by atoms with E-state index in [4.69, 9.17) is 0 Å². The van der Waals surface area contributed by atoms with Crippen LogP contribution in [0.25, 0.3) is 22.9 Å². The van der Waals surface area contributed by atoms with E-state index in [1.807, 2.05) is 12.3 Å². The van der Waals surface area contributed by atoms with Crippen LogP contribution in [0.2, 0.25) is 0 Å². The molecule has 2 nitrogen and oxygen atoms in total. The van der Waals surface area contributed by atoms with Gasteiger partial charge in [0, 0.05) is 24.8 Å². The molecule has 1 aliphatic heterocycles. The monoisotopic (exact) mass is 350 g/mol. The maximum atomic E-state index is 4.65. The highest BCUT2D eigenvalue weighted by atomic mass is 35.5. The van der Waals surface area contributed by atoms with Crippen molar-refractivity contribution in [3.63, 3.8) is 0 Å². The number of rotatable bonds is 3. The average molecular weight is 351 g/mol.